The summed E-state index contributed by atoms with van der Waals surface area (Å²) in [4.78, 5) is 15.8. The molecule has 6 nitrogen and oxygen atoms in total. The molecule has 26 heavy (non-hydrogen) atoms. The van der Waals surface area contributed by atoms with Crippen molar-refractivity contribution in [2.45, 2.75) is 61.9 Å². The summed E-state index contributed by atoms with van der Waals surface area (Å²) in [6, 6.07) is 2.49. The lowest BCUT2D eigenvalue weighted by molar-refractivity contribution is 0.0910. The lowest BCUT2D eigenvalue weighted by atomic mass is 10.0. The van der Waals surface area contributed by atoms with Crippen LogP contribution in [0.5, 0.6) is 0 Å². The van der Waals surface area contributed by atoms with Crippen molar-refractivity contribution in [2.24, 2.45) is 0 Å². The van der Waals surface area contributed by atoms with E-state index >= 15 is 0 Å². The van der Waals surface area contributed by atoms with Crippen LogP contribution in [0.3, 0.4) is 0 Å². The number of rotatable bonds is 5. The number of hydrogen-bond acceptors (Lipinski definition) is 5. The average Bonchev–Trinajstić information content (AvgIpc) is 3.38. The summed E-state index contributed by atoms with van der Waals surface area (Å²) >= 11 is 1.22. The summed E-state index contributed by atoms with van der Waals surface area (Å²) in [7, 11) is -3.57. The lowest BCUT2D eigenvalue weighted by Crippen LogP contribution is -2.45. The van der Waals surface area contributed by atoms with Crippen molar-refractivity contribution >= 4 is 27.3 Å². The van der Waals surface area contributed by atoms with Crippen molar-refractivity contribution in [3.8, 4) is 0 Å². The number of piperidine rings is 2. The molecule has 2 saturated heterocycles. The molecule has 3 fully saturated rings. The number of sulfonamides is 1. The van der Waals surface area contributed by atoms with E-state index in [1.165, 1.54) is 28.5 Å². The SMILES string of the molecule is O=C(NC1CCN(C2CC2)CC1)c1sccc1S(=O)(=O)N1CCCCC1. The smallest absolute Gasteiger partial charge is 0.262 e. The topological polar surface area (TPSA) is 69.7 Å². The highest BCUT2D eigenvalue weighted by Crippen LogP contribution is 2.30. The average molecular weight is 398 g/mol. The Balaban J connectivity index is 1.42. The largest absolute Gasteiger partial charge is 0.348 e. The van der Waals surface area contributed by atoms with Crippen LogP contribution in [0.2, 0.25) is 0 Å². The second-order valence-corrected chi connectivity index (χ2v) is 10.4. The molecular formula is C18H27N3O3S2. The number of amides is 1. The number of nitrogens with zero attached hydrogens (tertiary/aromatic N) is 2. The van der Waals surface area contributed by atoms with Gasteiger partial charge in [0.25, 0.3) is 5.91 Å². The molecule has 0 radical (unpaired) electrons. The van der Waals surface area contributed by atoms with Crippen molar-refractivity contribution in [1.29, 1.82) is 0 Å². The van der Waals surface area contributed by atoms with Gasteiger partial charge in [0, 0.05) is 38.3 Å². The first-order valence-corrected chi connectivity index (χ1v) is 12.0. The quantitative estimate of drug-likeness (QED) is 0.828. The van der Waals surface area contributed by atoms with Crippen LogP contribution < -0.4 is 5.32 Å². The minimum absolute atomic E-state index is 0.144. The van der Waals surface area contributed by atoms with Gasteiger partial charge in [-0.15, -0.1) is 11.3 Å². The molecule has 3 aliphatic rings. The molecule has 3 heterocycles. The van der Waals surface area contributed by atoms with E-state index < -0.39 is 10.0 Å². The van der Waals surface area contributed by atoms with Crippen molar-refractivity contribution in [2.75, 3.05) is 26.2 Å². The molecule has 0 aromatic carbocycles. The number of thiophene rings is 1. The zero-order valence-corrected chi connectivity index (χ0v) is 16.7. The molecule has 1 saturated carbocycles. The Hall–Kier alpha value is -0.960. The maximum atomic E-state index is 12.9. The third-order valence-electron chi connectivity index (χ3n) is 5.70. The fourth-order valence-electron chi connectivity index (χ4n) is 4.01. The third-order valence-corrected chi connectivity index (χ3v) is 8.68. The number of likely N-dealkylation sites (tertiary alicyclic amines) is 1. The molecule has 0 bridgehead atoms. The number of hydrogen-bond donors (Lipinski definition) is 1. The zero-order valence-electron chi connectivity index (χ0n) is 15.0. The summed E-state index contributed by atoms with van der Waals surface area (Å²) in [6.07, 6.45) is 7.37. The Morgan fingerprint density at radius 3 is 2.38 bits per heavy atom. The van der Waals surface area contributed by atoms with Gasteiger partial charge in [-0.1, -0.05) is 6.42 Å². The maximum absolute atomic E-state index is 12.9. The normalized spacial score (nSPS) is 23.8. The number of carbonyl (C=O) groups is 1. The summed E-state index contributed by atoms with van der Waals surface area (Å²) in [5.41, 5.74) is 0. The second kappa shape index (κ2) is 7.58. The van der Waals surface area contributed by atoms with E-state index in [4.69, 9.17) is 0 Å². The van der Waals surface area contributed by atoms with Gasteiger partial charge in [-0.05, 0) is 50.0 Å². The van der Waals surface area contributed by atoms with Gasteiger partial charge in [-0.2, -0.15) is 4.31 Å². The Morgan fingerprint density at radius 1 is 1.04 bits per heavy atom. The van der Waals surface area contributed by atoms with Gasteiger partial charge in [0.1, 0.15) is 9.77 Å². The molecule has 1 aliphatic carbocycles. The summed E-state index contributed by atoms with van der Waals surface area (Å²) in [6.45, 7) is 3.16. The van der Waals surface area contributed by atoms with E-state index in [-0.39, 0.29) is 16.8 Å². The van der Waals surface area contributed by atoms with Crippen LogP contribution >= 0.6 is 11.3 Å². The standard InChI is InChI=1S/C18H27N3O3S2/c22-18(19-14-6-11-20(12-7-14)15-4-5-15)17-16(8-13-25-17)26(23,24)21-9-2-1-3-10-21/h8,13-15H,1-7,9-12H2,(H,19,22). The molecule has 1 N–H and O–H groups in total. The fraction of sp³-hybridized carbons (Fsp3) is 0.722. The van der Waals surface area contributed by atoms with Crippen LogP contribution in [0, 0.1) is 0 Å². The monoisotopic (exact) mass is 397 g/mol. The Morgan fingerprint density at radius 2 is 1.73 bits per heavy atom. The van der Waals surface area contributed by atoms with Gasteiger partial charge in [-0.25, -0.2) is 8.42 Å². The van der Waals surface area contributed by atoms with E-state index in [2.05, 4.69) is 10.2 Å². The highest BCUT2D eigenvalue weighted by atomic mass is 32.2. The molecule has 1 aromatic rings. The first kappa shape index (κ1) is 18.4. The minimum atomic E-state index is -3.57. The molecule has 144 valence electrons. The van der Waals surface area contributed by atoms with Crippen LogP contribution in [-0.4, -0.2) is 61.8 Å². The number of nitrogens with one attached hydrogen (secondary N) is 1. The van der Waals surface area contributed by atoms with Gasteiger partial charge in [0.05, 0.1) is 0 Å². The van der Waals surface area contributed by atoms with Crippen molar-refractivity contribution in [3.05, 3.63) is 16.3 Å². The van der Waals surface area contributed by atoms with Crippen LogP contribution in [0.1, 0.15) is 54.6 Å². The van der Waals surface area contributed by atoms with E-state index in [0.29, 0.717) is 18.0 Å². The minimum Gasteiger partial charge on any atom is -0.348 e. The van der Waals surface area contributed by atoms with Crippen LogP contribution in [-0.2, 0) is 10.0 Å². The summed E-state index contributed by atoms with van der Waals surface area (Å²) in [5.74, 6) is -0.236. The van der Waals surface area contributed by atoms with Gasteiger partial charge in [0.15, 0.2) is 0 Å². The molecule has 0 atom stereocenters. The fourth-order valence-corrected chi connectivity index (χ4v) is 6.83. The van der Waals surface area contributed by atoms with Gasteiger partial charge < -0.3 is 10.2 Å². The van der Waals surface area contributed by atoms with Gasteiger partial charge in [-0.3, -0.25) is 4.79 Å². The van der Waals surface area contributed by atoms with E-state index in [1.807, 2.05) is 0 Å². The Bertz CT molecular complexity index is 743. The van der Waals surface area contributed by atoms with Crippen LogP contribution in [0.15, 0.2) is 16.3 Å². The lowest BCUT2D eigenvalue weighted by Gasteiger charge is -2.32. The van der Waals surface area contributed by atoms with E-state index in [9.17, 15) is 13.2 Å². The second-order valence-electron chi connectivity index (χ2n) is 7.59. The highest BCUT2D eigenvalue weighted by molar-refractivity contribution is 7.89. The molecule has 2 aliphatic heterocycles. The van der Waals surface area contributed by atoms with Crippen LogP contribution in [0.4, 0.5) is 0 Å². The first-order valence-electron chi connectivity index (χ1n) is 9.68. The summed E-state index contributed by atoms with van der Waals surface area (Å²) in [5, 5.41) is 4.79. The number of carbonyl (C=O) groups excluding carboxylic acids is 1. The molecule has 4 rings (SSSR count). The van der Waals surface area contributed by atoms with Crippen LogP contribution in [0.25, 0.3) is 0 Å². The molecule has 8 heteroatoms. The zero-order chi connectivity index (χ0) is 18.1. The summed E-state index contributed by atoms with van der Waals surface area (Å²) < 4.78 is 27.4. The van der Waals surface area contributed by atoms with Crippen molar-refractivity contribution < 1.29 is 13.2 Å². The van der Waals surface area contributed by atoms with Crippen molar-refractivity contribution in [1.82, 2.24) is 14.5 Å². The molecule has 1 amide bonds. The van der Waals surface area contributed by atoms with Crippen molar-refractivity contribution in [3.63, 3.8) is 0 Å². The molecule has 0 unspecified atom stereocenters. The van der Waals surface area contributed by atoms with E-state index in [1.54, 1.807) is 11.4 Å². The Labute approximate surface area is 159 Å². The predicted molar refractivity (Wildman–Crippen MR) is 102 cm³/mol. The molecule has 1 aromatic heterocycles. The van der Waals surface area contributed by atoms with Gasteiger partial charge in [0.2, 0.25) is 10.0 Å². The Kier molecular flexibility index (Phi) is 5.36. The highest BCUT2D eigenvalue weighted by Gasteiger charge is 2.34. The third kappa shape index (κ3) is 3.83. The molecule has 0 spiro atoms. The predicted octanol–water partition coefficient (Wildman–Crippen LogP) is 2.28. The maximum Gasteiger partial charge on any atom is 0.262 e. The van der Waals surface area contributed by atoms with E-state index in [0.717, 1.165) is 51.2 Å². The van der Waals surface area contributed by atoms with Gasteiger partial charge >= 0.3 is 0 Å². The first-order chi connectivity index (χ1) is 12.6. The molecular weight excluding hydrogens is 370 g/mol.